The lowest BCUT2D eigenvalue weighted by molar-refractivity contribution is -0.122. The first-order valence-electron chi connectivity index (χ1n) is 9.01. The number of halogens is 3. The predicted octanol–water partition coefficient (Wildman–Crippen LogP) is 6.55. The van der Waals surface area contributed by atoms with E-state index >= 15 is 0 Å². The van der Waals surface area contributed by atoms with Crippen molar-refractivity contribution >= 4 is 52.2 Å². The van der Waals surface area contributed by atoms with Crippen molar-refractivity contribution in [1.29, 1.82) is 0 Å². The molecule has 0 saturated carbocycles. The Labute approximate surface area is 182 Å². The van der Waals surface area contributed by atoms with Crippen molar-refractivity contribution in [3.63, 3.8) is 0 Å². The molecule has 0 bridgehead atoms. The van der Waals surface area contributed by atoms with Gasteiger partial charge in [0.05, 0.1) is 15.0 Å². The van der Waals surface area contributed by atoms with Crippen molar-refractivity contribution in [2.75, 3.05) is 6.54 Å². The molecule has 2 amide bonds. The van der Waals surface area contributed by atoms with Gasteiger partial charge in [0.2, 0.25) is 0 Å². The van der Waals surface area contributed by atoms with Gasteiger partial charge in [0.25, 0.3) is 11.1 Å². The Hall–Kier alpha value is -2.02. The zero-order valence-electron chi connectivity index (χ0n) is 15.6. The summed E-state index contributed by atoms with van der Waals surface area (Å²) in [4.78, 5) is 26.1. The number of amides is 2. The number of carbonyl (C=O) groups excluding carboxylic acids is 2. The maximum absolute atomic E-state index is 13.7. The Morgan fingerprint density at radius 3 is 2.52 bits per heavy atom. The molecule has 0 aromatic heterocycles. The highest BCUT2D eigenvalue weighted by Gasteiger charge is 2.34. The van der Waals surface area contributed by atoms with Gasteiger partial charge in [-0.25, -0.2) is 4.39 Å². The topological polar surface area (TPSA) is 46.6 Å². The molecule has 8 heteroatoms. The Morgan fingerprint density at radius 1 is 1.17 bits per heavy atom. The van der Waals surface area contributed by atoms with E-state index in [9.17, 15) is 14.0 Å². The standard InChI is InChI=1S/C21H18Cl2FNO3S/c1-2-3-8-25-20(26)18(29-21(25)27)11-13-9-15(22)19(16(23)10-13)28-12-14-6-4-5-7-17(14)24/h4-7,9-11H,2-3,8,12H2,1H3/b18-11-. The molecule has 1 aliphatic rings. The molecule has 0 N–H and O–H groups in total. The van der Waals surface area contributed by atoms with E-state index in [0.717, 1.165) is 24.6 Å². The first-order valence-corrected chi connectivity index (χ1v) is 10.6. The van der Waals surface area contributed by atoms with Crippen molar-refractivity contribution in [2.24, 2.45) is 0 Å². The number of imide groups is 1. The van der Waals surface area contributed by atoms with E-state index in [0.29, 0.717) is 22.6 Å². The van der Waals surface area contributed by atoms with Gasteiger partial charge in [-0.3, -0.25) is 14.5 Å². The summed E-state index contributed by atoms with van der Waals surface area (Å²) >= 11 is 13.5. The van der Waals surface area contributed by atoms with Crippen LogP contribution in [-0.4, -0.2) is 22.6 Å². The summed E-state index contributed by atoms with van der Waals surface area (Å²) in [7, 11) is 0. The second kappa shape index (κ2) is 9.65. The SMILES string of the molecule is CCCCN1C(=O)S/C(=C\c2cc(Cl)c(OCc3ccccc3F)c(Cl)c2)C1=O. The number of unbranched alkanes of at least 4 members (excludes halogenated alkanes) is 1. The van der Waals surface area contributed by atoms with Crippen LogP contribution in [0.3, 0.4) is 0 Å². The lowest BCUT2D eigenvalue weighted by Gasteiger charge is -2.12. The molecule has 0 unspecified atom stereocenters. The third kappa shape index (κ3) is 5.13. The van der Waals surface area contributed by atoms with E-state index in [1.165, 1.54) is 11.0 Å². The maximum atomic E-state index is 13.7. The normalized spacial score (nSPS) is 15.4. The van der Waals surface area contributed by atoms with Crippen molar-refractivity contribution in [3.05, 3.63) is 68.3 Å². The van der Waals surface area contributed by atoms with Gasteiger partial charge in [-0.1, -0.05) is 54.7 Å². The van der Waals surface area contributed by atoms with Crippen LogP contribution in [0.1, 0.15) is 30.9 Å². The number of thioether (sulfide) groups is 1. The molecule has 1 fully saturated rings. The highest BCUT2D eigenvalue weighted by Crippen LogP contribution is 2.38. The Bertz CT molecular complexity index is 957. The second-order valence-electron chi connectivity index (χ2n) is 6.38. The quantitative estimate of drug-likeness (QED) is 0.446. The summed E-state index contributed by atoms with van der Waals surface area (Å²) in [6.07, 6.45) is 3.23. The highest BCUT2D eigenvalue weighted by atomic mass is 35.5. The van der Waals surface area contributed by atoms with E-state index in [1.54, 1.807) is 36.4 Å². The van der Waals surface area contributed by atoms with Crippen LogP contribution in [0, 0.1) is 5.82 Å². The summed E-state index contributed by atoms with van der Waals surface area (Å²) in [5.74, 6) is -0.472. The number of rotatable bonds is 7. The van der Waals surface area contributed by atoms with Crippen LogP contribution in [-0.2, 0) is 11.4 Å². The van der Waals surface area contributed by atoms with Gasteiger partial charge >= 0.3 is 0 Å². The van der Waals surface area contributed by atoms with E-state index < -0.39 is 0 Å². The largest absolute Gasteiger partial charge is 0.486 e. The van der Waals surface area contributed by atoms with Gasteiger partial charge < -0.3 is 4.74 Å². The Kier molecular flexibility index (Phi) is 7.22. The molecule has 2 aromatic carbocycles. The summed E-state index contributed by atoms with van der Waals surface area (Å²) < 4.78 is 19.3. The number of hydrogen-bond donors (Lipinski definition) is 0. The first kappa shape index (κ1) is 21.7. The average molecular weight is 454 g/mol. The molecule has 1 saturated heterocycles. The van der Waals surface area contributed by atoms with Crippen LogP contribution in [0.5, 0.6) is 5.75 Å². The number of nitrogens with zero attached hydrogens (tertiary/aromatic N) is 1. The molecule has 2 aromatic rings. The molecule has 0 atom stereocenters. The zero-order valence-corrected chi connectivity index (χ0v) is 17.9. The molecule has 0 radical (unpaired) electrons. The average Bonchev–Trinajstić information content (AvgIpc) is 2.93. The van der Waals surface area contributed by atoms with Gasteiger partial charge in [-0.05, 0) is 48.0 Å². The molecule has 1 aliphatic heterocycles. The van der Waals surface area contributed by atoms with Crippen LogP contribution in [0.2, 0.25) is 10.0 Å². The monoisotopic (exact) mass is 453 g/mol. The minimum Gasteiger partial charge on any atom is -0.486 e. The summed E-state index contributed by atoms with van der Waals surface area (Å²) in [5, 5.41) is 0.173. The van der Waals surface area contributed by atoms with E-state index in [2.05, 4.69) is 0 Å². The molecule has 4 nitrogen and oxygen atoms in total. The smallest absolute Gasteiger partial charge is 0.293 e. The molecule has 29 heavy (non-hydrogen) atoms. The Morgan fingerprint density at radius 2 is 1.86 bits per heavy atom. The molecule has 152 valence electrons. The van der Waals surface area contributed by atoms with Crippen LogP contribution in [0.25, 0.3) is 6.08 Å². The maximum Gasteiger partial charge on any atom is 0.293 e. The zero-order chi connectivity index (χ0) is 21.0. The number of hydrogen-bond acceptors (Lipinski definition) is 4. The number of ether oxygens (including phenoxy) is 1. The van der Waals surface area contributed by atoms with Gasteiger partial charge in [-0.15, -0.1) is 0 Å². The van der Waals surface area contributed by atoms with E-state index in [-0.39, 0.29) is 39.4 Å². The Balaban J connectivity index is 1.77. The number of benzene rings is 2. The van der Waals surface area contributed by atoms with Crippen molar-refractivity contribution in [2.45, 2.75) is 26.4 Å². The minimum absolute atomic E-state index is 0.0260. The molecular weight excluding hydrogens is 436 g/mol. The summed E-state index contributed by atoms with van der Waals surface area (Å²) in [6, 6.07) is 9.44. The highest BCUT2D eigenvalue weighted by molar-refractivity contribution is 8.18. The second-order valence-corrected chi connectivity index (χ2v) is 8.19. The molecule has 0 aliphatic carbocycles. The van der Waals surface area contributed by atoms with Crippen LogP contribution >= 0.6 is 35.0 Å². The van der Waals surface area contributed by atoms with Gasteiger partial charge in [0, 0.05) is 12.1 Å². The third-order valence-corrected chi connectivity index (χ3v) is 5.73. The third-order valence-electron chi connectivity index (χ3n) is 4.26. The van der Waals surface area contributed by atoms with Crippen molar-refractivity contribution in [1.82, 2.24) is 4.90 Å². The van der Waals surface area contributed by atoms with Crippen LogP contribution < -0.4 is 4.74 Å². The van der Waals surface area contributed by atoms with Crippen molar-refractivity contribution < 1.29 is 18.7 Å². The molecule has 1 heterocycles. The van der Waals surface area contributed by atoms with Crippen molar-refractivity contribution in [3.8, 4) is 5.75 Å². The number of carbonyl (C=O) groups is 2. The fourth-order valence-corrected chi connectivity index (χ4v) is 4.20. The van der Waals surface area contributed by atoms with Gasteiger partial charge in [0.15, 0.2) is 5.75 Å². The summed E-state index contributed by atoms with van der Waals surface area (Å²) in [6.45, 7) is 2.37. The molecule has 3 rings (SSSR count). The minimum atomic E-state index is -0.379. The lowest BCUT2D eigenvalue weighted by atomic mass is 10.2. The predicted molar refractivity (Wildman–Crippen MR) is 115 cm³/mol. The van der Waals surface area contributed by atoms with Gasteiger partial charge in [0.1, 0.15) is 12.4 Å². The summed E-state index contributed by atoms with van der Waals surface area (Å²) in [5.41, 5.74) is 0.948. The molecule has 0 spiro atoms. The van der Waals surface area contributed by atoms with Crippen LogP contribution in [0.4, 0.5) is 9.18 Å². The fraction of sp³-hybridized carbons (Fsp3) is 0.238. The van der Waals surface area contributed by atoms with Gasteiger partial charge in [-0.2, -0.15) is 0 Å². The first-order chi connectivity index (χ1) is 13.9. The molecular formula is C21H18Cl2FNO3S. The lowest BCUT2D eigenvalue weighted by Crippen LogP contribution is -2.29. The van der Waals surface area contributed by atoms with Crippen LogP contribution in [0.15, 0.2) is 41.3 Å². The fourth-order valence-electron chi connectivity index (χ4n) is 2.73. The van der Waals surface area contributed by atoms with E-state index in [1.807, 2.05) is 6.92 Å². The van der Waals surface area contributed by atoms with E-state index in [4.69, 9.17) is 27.9 Å².